The lowest BCUT2D eigenvalue weighted by Crippen LogP contribution is -2.66. The summed E-state index contributed by atoms with van der Waals surface area (Å²) in [7, 11) is 1.65. The van der Waals surface area contributed by atoms with Crippen LogP contribution < -0.4 is 0 Å². The van der Waals surface area contributed by atoms with Gasteiger partial charge in [0, 0.05) is 16.3 Å². The minimum Gasteiger partial charge on any atom is -0.489 e. The van der Waals surface area contributed by atoms with E-state index in [1.165, 1.54) is 6.08 Å². The smallest absolute Gasteiger partial charge is 0.296 e. The third kappa shape index (κ3) is 2.22. The number of piperidine rings is 1. The second kappa shape index (κ2) is 5.17. The number of nitro groups is 2. The van der Waals surface area contributed by atoms with E-state index in [2.05, 4.69) is 0 Å². The number of likely N-dealkylation sites (tertiary alicyclic amines) is 1. The molecule has 1 aliphatic carbocycles. The number of likely N-dealkylation sites (N-methyl/N-ethyl adjacent to an activating group) is 1. The summed E-state index contributed by atoms with van der Waals surface area (Å²) < 4.78 is 5.39. The summed E-state index contributed by atoms with van der Waals surface area (Å²) in [5, 5.41) is 23.0. The van der Waals surface area contributed by atoms with E-state index in [1.54, 1.807) is 11.9 Å². The van der Waals surface area contributed by atoms with Crippen molar-refractivity contribution in [3.63, 3.8) is 0 Å². The molecule has 8 nitrogen and oxygen atoms in total. The van der Waals surface area contributed by atoms with E-state index in [4.69, 9.17) is 16.3 Å². The van der Waals surface area contributed by atoms with Crippen LogP contribution in [0.25, 0.3) is 0 Å². The Labute approximate surface area is 120 Å². The lowest BCUT2D eigenvalue weighted by atomic mass is 9.71. The summed E-state index contributed by atoms with van der Waals surface area (Å²) in [6.07, 6.45) is 1.49. The molecular formula is C11H16ClN3O5. The number of alkyl halides is 1. The fraction of sp³-hybridized carbons (Fsp3) is 0.818. The molecule has 0 N–H and O–H groups in total. The highest BCUT2D eigenvalue weighted by atomic mass is 35.5. The Hall–Kier alpha value is -1.41. The van der Waals surface area contributed by atoms with Gasteiger partial charge in [0.15, 0.2) is 5.76 Å². The normalized spacial score (nSPS) is 33.4. The maximum absolute atomic E-state index is 11.6. The fourth-order valence-electron chi connectivity index (χ4n) is 3.19. The molecule has 2 bridgehead atoms. The molecule has 0 unspecified atom stereocenters. The van der Waals surface area contributed by atoms with Gasteiger partial charge in [-0.25, -0.2) is 0 Å². The largest absolute Gasteiger partial charge is 0.489 e. The van der Waals surface area contributed by atoms with Crippen molar-refractivity contribution in [1.82, 2.24) is 4.90 Å². The quantitative estimate of drug-likeness (QED) is 0.425. The first-order valence-corrected chi connectivity index (χ1v) is 6.77. The third-order valence-electron chi connectivity index (χ3n) is 3.91. The highest BCUT2D eigenvalue weighted by Gasteiger charge is 2.66. The number of rotatable bonds is 5. The Bertz CT molecular complexity index is 471. The number of fused-ring (bicyclic) bond motifs is 2. The molecule has 2 rings (SSSR count). The number of ether oxygens (including phenoxy) is 1. The lowest BCUT2D eigenvalue weighted by molar-refractivity contribution is -0.623. The maximum Gasteiger partial charge on any atom is 0.296 e. The second-order valence-electron chi connectivity index (χ2n) is 5.43. The fourth-order valence-corrected chi connectivity index (χ4v) is 3.26. The highest BCUT2D eigenvalue weighted by Crippen LogP contribution is 2.44. The van der Waals surface area contributed by atoms with Crippen LogP contribution >= 0.6 is 11.6 Å². The second-order valence-corrected chi connectivity index (χ2v) is 5.81. The number of hydrogen-bond donors (Lipinski definition) is 0. The maximum atomic E-state index is 11.6. The first-order valence-electron chi connectivity index (χ1n) is 6.23. The van der Waals surface area contributed by atoms with Gasteiger partial charge in [-0.1, -0.05) is 0 Å². The van der Waals surface area contributed by atoms with Crippen molar-refractivity contribution in [2.24, 2.45) is 0 Å². The van der Waals surface area contributed by atoms with Crippen molar-refractivity contribution in [2.75, 3.05) is 32.6 Å². The van der Waals surface area contributed by atoms with Crippen LogP contribution in [-0.4, -0.2) is 58.4 Å². The summed E-state index contributed by atoms with van der Waals surface area (Å²) in [4.78, 5) is 23.7. The Kier molecular flexibility index (Phi) is 3.88. The van der Waals surface area contributed by atoms with E-state index < -0.39 is 20.9 Å². The summed E-state index contributed by atoms with van der Waals surface area (Å²) >= 11 is 5.55. The molecule has 0 saturated carbocycles. The molecule has 1 saturated heterocycles. The number of halogens is 1. The summed E-state index contributed by atoms with van der Waals surface area (Å²) in [5.41, 5.74) is -2.86. The van der Waals surface area contributed by atoms with E-state index in [0.717, 1.165) is 0 Å². The first kappa shape index (κ1) is 15.0. The predicted molar refractivity (Wildman–Crippen MR) is 70.9 cm³/mol. The first-order chi connectivity index (χ1) is 9.36. The van der Waals surface area contributed by atoms with Gasteiger partial charge in [-0.3, -0.25) is 25.1 Å². The van der Waals surface area contributed by atoms with Crippen molar-refractivity contribution in [1.29, 1.82) is 0 Å². The Morgan fingerprint density at radius 1 is 1.40 bits per heavy atom. The topological polar surface area (TPSA) is 98.8 Å². The zero-order valence-corrected chi connectivity index (χ0v) is 11.8. The zero-order valence-electron chi connectivity index (χ0n) is 11.1. The summed E-state index contributed by atoms with van der Waals surface area (Å²) in [6, 6.07) is 0. The van der Waals surface area contributed by atoms with E-state index in [0.29, 0.717) is 0 Å². The van der Waals surface area contributed by atoms with Crippen LogP contribution in [0.5, 0.6) is 0 Å². The van der Waals surface area contributed by atoms with Gasteiger partial charge >= 0.3 is 0 Å². The molecule has 1 heterocycles. The molecular weight excluding hydrogens is 290 g/mol. The monoisotopic (exact) mass is 305 g/mol. The van der Waals surface area contributed by atoms with Crippen LogP contribution in [0.4, 0.5) is 0 Å². The van der Waals surface area contributed by atoms with Gasteiger partial charge in [0.2, 0.25) is 5.54 Å². The SMILES string of the molecule is CN1C[C@]2([N+](=O)[O-])CC=C(OCCCl)[C@@]([N+](=O)[O-])(C1)C2. The van der Waals surface area contributed by atoms with Crippen molar-refractivity contribution in [3.05, 3.63) is 32.1 Å². The van der Waals surface area contributed by atoms with Crippen molar-refractivity contribution < 1.29 is 14.6 Å². The summed E-state index contributed by atoms with van der Waals surface area (Å²) in [6.45, 7) is 0.455. The number of nitrogens with zero attached hydrogens (tertiary/aromatic N) is 3. The lowest BCUT2D eigenvalue weighted by Gasteiger charge is -2.44. The van der Waals surface area contributed by atoms with Crippen LogP contribution in [0.1, 0.15) is 12.8 Å². The number of hydrogen-bond acceptors (Lipinski definition) is 6. The highest BCUT2D eigenvalue weighted by molar-refractivity contribution is 6.17. The van der Waals surface area contributed by atoms with Gasteiger partial charge in [-0.2, -0.15) is 0 Å². The van der Waals surface area contributed by atoms with E-state index >= 15 is 0 Å². The molecule has 0 aromatic rings. The van der Waals surface area contributed by atoms with E-state index in [9.17, 15) is 20.2 Å². The molecule has 2 aliphatic rings. The average Bonchev–Trinajstić information content (AvgIpc) is 2.37. The Morgan fingerprint density at radius 2 is 2.10 bits per heavy atom. The predicted octanol–water partition coefficient (Wildman–Crippen LogP) is 0.896. The van der Waals surface area contributed by atoms with Crippen LogP contribution in [0, 0.1) is 20.2 Å². The third-order valence-corrected chi connectivity index (χ3v) is 4.07. The molecule has 0 spiro atoms. The van der Waals surface area contributed by atoms with Gasteiger partial charge in [-0.15, -0.1) is 11.6 Å². The molecule has 20 heavy (non-hydrogen) atoms. The summed E-state index contributed by atoms with van der Waals surface area (Å²) in [5.74, 6) is 0.411. The molecule has 0 amide bonds. The minimum atomic E-state index is -1.55. The van der Waals surface area contributed by atoms with Crippen molar-refractivity contribution in [3.8, 4) is 0 Å². The molecule has 0 aromatic heterocycles. The van der Waals surface area contributed by atoms with Crippen LogP contribution in [-0.2, 0) is 4.74 Å². The van der Waals surface area contributed by atoms with Gasteiger partial charge < -0.3 is 4.74 Å². The van der Waals surface area contributed by atoms with Gasteiger partial charge in [0.25, 0.3) is 5.54 Å². The molecule has 9 heteroatoms. The van der Waals surface area contributed by atoms with Gasteiger partial charge in [0.1, 0.15) is 6.61 Å². The van der Waals surface area contributed by atoms with Crippen molar-refractivity contribution >= 4 is 11.6 Å². The Balaban J connectivity index is 2.44. The molecule has 1 aliphatic heterocycles. The van der Waals surface area contributed by atoms with Gasteiger partial charge in [0.05, 0.1) is 25.4 Å². The van der Waals surface area contributed by atoms with Crippen LogP contribution in [0.3, 0.4) is 0 Å². The van der Waals surface area contributed by atoms with Crippen LogP contribution in [0.2, 0.25) is 0 Å². The average molecular weight is 306 g/mol. The molecule has 0 aromatic carbocycles. The van der Waals surface area contributed by atoms with Crippen LogP contribution in [0.15, 0.2) is 11.8 Å². The minimum absolute atomic E-state index is 0.101. The van der Waals surface area contributed by atoms with E-state index in [1.807, 2.05) is 0 Å². The Morgan fingerprint density at radius 3 is 2.65 bits per heavy atom. The molecule has 1 fully saturated rings. The zero-order chi connectivity index (χ0) is 15.0. The molecule has 2 atom stereocenters. The molecule has 0 radical (unpaired) electrons. The van der Waals surface area contributed by atoms with E-state index in [-0.39, 0.29) is 44.2 Å². The molecule has 112 valence electrons. The standard InChI is InChI=1S/C11H16ClN3O5/c1-13-7-10(14(16)17)3-2-9(20-5-4-12)11(6-10,8-13)15(18)19/h2H,3-8H2,1H3/t10-,11-/m0/s1. The van der Waals surface area contributed by atoms with Gasteiger partial charge in [-0.05, 0) is 13.1 Å². The van der Waals surface area contributed by atoms with Crippen molar-refractivity contribution in [2.45, 2.75) is 23.9 Å².